The van der Waals surface area contributed by atoms with Gasteiger partial charge in [-0.25, -0.2) is 14.4 Å². The predicted octanol–water partition coefficient (Wildman–Crippen LogP) is 6.79. The van der Waals surface area contributed by atoms with Crippen molar-refractivity contribution in [1.29, 1.82) is 0 Å². The molecule has 0 bridgehead atoms. The summed E-state index contributed by atoms with van der Waals surface area (Å²) in [5.41, 5.74) is 3.19. The first-order valence-electron chi connectivity index (χ1n) is 12.2. The molecule has 1 aliphatic heterocycles. The number of nitrogens with one attached hydrogen (secondary N) is 1. The van der Waals surface area contributed by atoms with Gasteiger partial charge in [-0.3, -0.25) is 4.90 Å². The number of halogens is 2. The number of hydrogen-bond acceptors (Lipinski definition) is 7. The summed E-state index contributed by atoms with van der Waals surface area (Å²) in [4.78, 5) is 11.1. The van der Waals surface area contributed by atoms with Gasteiger partial charge in [0.15, 0.2) is 0 Å². The zero-order chi connectivity index (χ0) is 25.9. The number of hydrogen-bond donors (Lipinski definition) is 1. The largest absolute Gasteiger partial charge is 0.487 e. The summed E-state index contributed by atoms with van der Waals surface area (Å²) in [6.07, 6.45) is 1.52. The molecule has 1 N–H and O–H groups in total. The van der Waals surface area contributed by atoms with Crippen LogP contribution in [0.2, 0.25) is 5.02 Å². The Morgan fingerprint density at radius 1 is 1.03 bits per heavy atom. The van der Waals surface area contributed by atoms with E-state index in [-0.39, 0.29) is 12.4 Å². The van der Waals surface area contributed by atoms with E-state index in [2.05, 4.69) is 20.2 Å². The van der Waals surface area contributed by atoms with Crippen molar-refractivity contribution < 1.29 is 18.3 Å². The molecule has 5 aromatic rings. The van der Waals surface area contributed by atoms with Gasteiger partial charge in [0.25, 0.3) is 0 Å². The number of rotatable bonds is 8. The standard InChI is InChI=1S/C29H24ClFN4O3/c30-25-14-22(5-8-28(25)37-16-19-2-1-3-21(31)12-19)34-29-24-13-20(4-7-26(24)32-17-33-29)27-9-6-23(38-27)15-35-10-11-36-18-35/h1-9,12-14,17H,10-11,15-16,18H2,(H,32,33,34). The van der Waals surface area contributed by atoms with E-state index >= 15 is 0 Å². The van der Waals surface area contributed by atoms with Gasteiger partial charge >= 0.3 is 0 Å². The first-order chi connectivity index (χ1) is 18.6. The SMILES string of the molecule is Fc1cccc(COc2ccc(Nc3ncnc4ccc(-c5ccc(CN6CCOC6)o5)cc34)cc2Cl)c1. The summed E-state index contributed by atoms with van der Waals surface area (Å²) < 4.78 is 30.8. The topological polar surface area (TPSA) is 72.7 Å². The van der Waals surface area contributed by atoms with Gasteiger partial charge in [-0.2, -0.15) is 0 Å². The molecular formula is C29H24ClFN4O3. The molecule has 3 heterocycles. The van der Waals surface area contributed by atoms with Crippen LogP contribution in [0.15, 0.2) is 83.5 Å². The highest BCUT2D eigenvalue weighted by Crippen LogP contribution is 2.33. The van der Waals surface area contributed by atoms with E-state index in [4.69, 9.17) is 25.5 Å². The maximum absolute atomic E-state index is 13.4. The van der Waals surface area contributed by atoms with Crippen LogP contribution >= 0.6 is 11.6 Å². The van der Waals surface area contributed by atoms with Crippen LogP contribution in [0.1, 0.15) is 11.3 Å². The van der Waals surface area contributed by atoms with E-state index in [9.17, 15) is 4.39 Å². The molecule has 0 aliphatic carbocycles. The Morgan fingerprint density at radius 3 is 2.82 bits per heavy atom. The van der Waals surface area contributed by atoms with Gasteiger partial charge in [0.2, 0.25) is 0 Å². The van der Waals surface area contributed by atoms with Gasteiger partial charge in [-0.1, -0.05) is 23.7 Å². The molecule has 192 valence electrons. The van der Waals surface area contributed by atoms with E-state index < -0.39 is 0 Å². The maximum Gasteiger partial charge on any atom is 0.141 e. The van der Waals surface area contributed by atoms with Crippen LogP contribution in [0.25, 0.3) is 22.2 Å². The maximum atomic E-state index is 13.4. The van der Waals surface area contributed by atoms with Crippen LogP contribution in [0.5, 0.6) is 5.75 Å². The third-order valence-corrected chi connectivity index (χ3v) is 6.56. The molecule has 3 aromatic carbocycles. The third kappa shape index (κ3) is 5.47. The summed E-state index contributed by atoms with van der Waals surface area (Å²) in [6.45, 7) is 3.21. The molecule has 1 aliphatic rings. The number of benzene rings is 3. The molecule has 0 amide bonds. The van der Waals surface area contributed by atoms with Crippen molar-refractivity contribution in [2.24, 2.45) is 0 Å². The van der Waals surface area contributed by atoms with E-state index in [1.165, 1.54) is 18.5 Å². The van der Waals surface area contributed by atoms with Crippen molar-refractivity contribution in [3.05, 3.63) is 101 Å². The summed E-state index contributed by atoms with van der Waals surface area (Å²) >= 11 is 6.48. The lowest BCUT2D eigenvalue weighted by Gasteiger charge is -2.12. The number of furan rings is 1. The Hall–Kier alpha value is -3.98. The minimum absolute atomic E-state index is 0.212. The normalized spacial score (nSPS) is 13.7. The molecule has 1 fully saturated rings. The Labute approximate surface area is 223 Å². The first kappa shape index (κ1) is 24.4. The van der Waals surface area contributed by atoms with Gasteiger partial charge in [-0.05, 0) is 66.2 Å². The zero-order valence-electron chi connectivity index (χ0n) is 20.4. The molecule has 2 aromatic heterocycles. The second-order valence-electron chi connectivity index (χ2n) is 9.00. The average Bonchev–Trinajstić information content (AvgIpc) is 3.61. The van der Waals surface area contributed by atoms with Gasteiger partial charge in [0, 0.05) is 23.2 Å². The fourth-order valence-electron chi connectivity index (χ4n) is 4.34. The average molecular weight is 531 g/mol. The molecule has 0 atom stereocenters. The summed E-state index contributed by atoms with van der Waals surface area (Å²) in [7, 11) is 0. The van der Waals surface area contributed by atoms with Crippen molar-refractivity contribution >= 4 is 34.0 Å². The molecule has 9 heteroatoms. The molecule has 38 heavy (non-hydrogen) atoms. The van der Waals surface area contributed by atoms with Crippen molar-refractivity contribution in [3.63, 3.8) is 0 Å². The van der Waals surface area contributed by atoms with Crippen LogP contribution in [-0.2, 0) is 17.9 Å². The van der Waals surface area contributed by atoms with E-state index in [1.807, 2.05) is 36.4 Å². The quantitative estimate of drug-likeness (QED) is 0.236. The van der Waals surface area contributed by atoms with Crippen molar-refractivity contribution in [1.82, 2.24) is 14.9 Å². The third-order valence-electron chi connectivity index (χ3n) is 6.26. The molecule has 0 radical (unpaired) electrons. The van der Waals surface area contributed by atoms with Gasteiger partial charge < -0.3 is 19.2 Å². The van der Waals surface area contributed by atoms with Crippen molar-refractivity contribution in [2.45, 2.75) is 13.2 Å². The summed E-state index contributed by atoms with van der Waals surface area (Å²) in [5.74, 6) is 2.51. The smallest absolute Gasteiger partial charge is 0.141 e. The minimum Gasteiger partial charge on any atom is -0.487 e. The number of nitrogens with zero attached hydrogens (tertiary/aromatic N) is 3. The fourth-order valence-corrected chi connectivity index (χ4v) is 4.58. The second-order valence-corrected chi connectivity index (χ2v) is 9.41. The monoisotopic (exact) mass is 530 g/mol. The first-order valence-corrected chi connectivity index (χ1v) is 12.6. The highest BCUT2D eigenvalue weighted by atomic mass is 35.5. The number of ether oxygens (including phenoxy) is 2. The summed E-state index contributed by atoms with van der Waals surface area (Å²) in [5, 5.41) is 4.61. The molecule has 0 spiro atoms. The van der Waals surface area contributed by atoms with Crippen LogP contribution in [0.4, 0.5) is 15.9 Å². The molecular weight excluding hydrogens is 507 g/mol. The Morgan fingerprint density at radius 2 is 1.97 bits per heavy atom. The molecule has 0 unspecified atom stereocenters. The Balaban J connectivity index is 1.20. The van der Waals surface area contributed by atoms with Crippen LogP contribution < -0.4 is 10.1 Å². The van der Waals surface area contributed by atoms with Crippen LogP contribution in [0.3, 0.4) is 0 Å². The fraction of sp³-hybridized carbons (Fsp3) is 0.172. The van der Waals surface area contributed by atoms with Gasteiger partial charge in [0.05, 0.1) is 30.4 Å². The molecule has 1 saturated heterocycles. The van der Waals surface area contributed by atoms with E-state index in [0.717, 1.165) is 52.4 Å². The number of anilines is 2. The molecule has 6 rings (SSSR count). The predicted molar refractivity (Wildman–Crippen MR) is 144 cm³/mol. The van der Waals surface area contributed by atoms with Crippen molar-refractivity contribution in [2.75, 3.05) is 25.2 Å². The second kappa shape index (κ2) is 10.8. The lowest BCUT2D eigenvalue weighted by atomic mass is 10.1. The lowest BCUT2D eigenvalue weighted by Crippen LogP contribution is -2.18. The Kier molecular flexibility index (Phi) is 6.92. The van der Waals surface area contributed by atoms with Crippen LogP contribution in [-0.4, -0.2) is 34.8 Å². The number of aromatic nitrogens is 2. The Bertz CT molecular complexity index is 1590. The molecule has 0 saturated carbocycles. The lowest BCUT2D eigenvalue weighted by molar-refractivity contribution is 0.133. The minimum atomic E-state index is -0.304. The molecule has 7 nitrogen and oxygen atoms in total. The van der Waals surface area contributed by atoms with Gasteiger partial charge in [-0.15, -0.1) is 0 Å². The number of fused-ring (bicyclic) bond motifs is 1. The summed E-state index contributed by atoms with van der Waals surface area (Å²) in [6, 6.07) is 21.6. The van der Waals surface area contributed by atoms with Gasteiger partial charge in [0.1, 0.15) is 41.8 Å². The van der Waals surface area contributed by atoms with E-state index in [1.54, 1.807) is 24.3 Å². The van der Waals surface area contributed by atoms with Crippen molar-refractivity contribution in [3.8, 4) is 17.1 Å². The van der Waals surface area contributed by atoms with E-state index in [0.29, 0.717) is 29.9 Å². The zero-order valence-corrected chi connectivity index (χ0v) is 21.1. The highest BCUT2D eigenvalue weighted by molar-refractivity contribution is 6.32. The van der Waals surface area contributed by atoms with Crippen LogP contribution in [0, 0.1) is 5.82 Å². The highest BCUT2D eigenvalue weighted by Gasteiger charge is 2.15.